The van der Waals surface area contributed by atoms with Crippen molar-refractivity contribution in [1.82, 2.24) is 33.9 Å². The Hall–Kier alpha value is -4.25. The highest BCUT2D eigenvalue weighted by molar-refractivity contribution is 5.90. The van der Waals surface area contributed by atoms with Crippen LogP contribution in [0.4, 0.5) is 5.82 Å². The maximum atomic E-state index is 12.8. The van der Waals surface area contributed by atoms with Gasteiger partial charge in [0.1, 0.15) is 11.3 Å². The van der Waals surface area contributed by atoms with Crippen molar-refractivity contribution >= 4 is 27.8 Å². The number of methoxy groups -OCH3 is 1. The van der Waals surface area contributed by atoms with E-state index in [0.717, 1.165) is 44.7 Å². The molecule has 0 amide bonds. The molecule has 11 nitrogen and oxygen atoms in total. The molecule has 0 N–H and O–H groups in total. The fourth-order valence-electron chi connectivity index (χ4n) is 4.86. The average Bonchev–Trinajstić information content (AvgIpc) is 3.44. The molecule has 36 heavy (non-hydrogen) atoms. The molecule has 1 aliphatic rings. The summed E-state index contributed by atoms with van der Waals surface area (Å²) in [7, 11) is 5.19. The summed E-state index contributed by atoms with van der Waals surface area (Å²) in [4.78, 5) is 29.1. The Morgan fingerprint density at radius 3 is 2.61 bits per heavy atom. The Bertz CT molecular complexity index is 1680. The average molecular weight is 487 g/mol. The van der Waals surface area contributed by atoms with Crippen molar-refractivity contribution in [3.8, 4) is 22.8 Å². The van der Waals surface area contributed by atoms with E-state index in [4.69, 9.17) is 19.4 Å². The Morgan fingerprint density at radius 2 is 1.83 bits per heavy atom. The molecule has 6 heterocycles. The number of imidazole rings is 1. The molecular weight excluding hydrogens is 460 g/mol. The molecule has 0 atom stereocenters. The summed E-state index contributed by atoms with van der Waals surface area (Å²) in [5, 5.41) is 5.60. The van der Waals surface area contributed by atoms with E-state index in [1.54, 1.807) is 53.6 Å². The molecule has 6 rings (SSSR count). The van der Waals surface area contributed by atoms with Gasteiger partial charge in [-0.3, -0.25) is 19.1 Å². The molecular formula is C25H26N8O3. The minimum absolute atomic E-state index is 0.102. The molecule has 0 saturated carbocycles. The summed E-state index contributed by atoms with van der Waals surface area (Å²) in [6.45, 7) is 4.57. The lowest BCUT2D eigenvalue weighted by Crippen LogP contribution is -2.37. The predicted octanol–water partition coefficient (Wildman–Crippen LogP) is 2.22. The Kier molecular flexibility index (Phi) is 5.22. The first-order valence-corrected chi connectivity index (χ1v) is 11.7. The van der Waals surface area contributed by atoms with E-state index in [2.05, 4.69) is 15.0 Å². The zero-order valence-corrected chi connectivity index (χ0v) is 20.6. The van der Waals surface area contributed by atoms with Crippen LogP contribution in [-0.2, 0) is 18.8 Å². The van der Waals surface area contributed by atoms with E-state index in [9.17, 15) is 4.79 Å². The Labute approximate surface area is 206 Å². The number of morpholine rings is 1. The summed E-state index contributed by atoms with van der Waals surface area (Å²) < 4.78 is 16.2. The lowest BCUT2D eigenvalue weighted by Gasteiger charge is -2.28. The van der Waals surface area contributed by atoms with Gasteiger partial charge in [0.2, 0.25) is 0 Å². The zero-order chi connectivity index (χ0) is 25.0. The molecule has 5 aromatic rings. The minimum atomic E-state index is -0.102. The third-order valence-corrected chi connectivity index (χ3v) is 6.77. The molecule has 11 heteroatoms. The third-order valence-electron chi connectivity index (χ3n) is 6.77. The zero-order valence-electron chi connectivity index (χ0n) is 20.6. The SMILES string of the molecule is COc1ccncc1-c1cc2c(cnn2-c2cc3c(c(N4CCOCC4)n2)n(C)c(=O)n3C)c(C)n1. The number of anilines is 1. The predicted molar refractivity (Wildman–Crippen MR) is 136 cm³/mol. The molecule has 0 unspecified atom stereocenters. The van der Waals surface area contributed by atoms with E-state index in [-0.39, 0.29) is 5.69 Å². The molecule has 1 fully saturated rings. The second kappa shape index (κ2) is 8.45. The van der Waals surface area contributed by atoms with Gasteiger partial charge in [0.15, 0.2) is 11.6 Å². The number of rotatable bonds is 4. The van der Waals surface area contributed by atoms with Gasteiger partial charge in [-0.05, 0) is 19.1 Å². The molecule has 0 aromatic carbocycles. The van der Waals surface area contributed by atoms with Gasteiger partial charge in [0.05, 0.1) is 48.8 Å². The number of pyridine rings is 3. The first-order chi connectivity index (χ1) is 17.5. The van der Waals surface area contributed by atoms with Gasteiger partial charge < -0.3 is 14.4 Å². The first kappa shape index (κ1) is 22.2. The lowest BCUT2D eigenvalue weighted by atomic mass is 10.1. The molecule has 0 aliphatic carbocycles. The number of aryl methyl sites for hydroxylation is 3. The van der Waals surface area contributed by atoms with Crippen molar-refractivity contribution in [2.45, 2.75) is 6.92 Å². The standard InChI is InChI=1S/C25H26N8O3/c1-15-16-14-27-33(19(16)11-18(28-15)17-13-26-6-5-21(17)35-4)22-12-20-23(31(3)25(34)30(20)2)24(29-22)32-7-9-36-10-8-32/h5-6,11-14H,7-10H2,1-4H3. The Balaban J connectivity index is 1.60. The number of hydrogen-bond acceptors (Lipinski definition) is 8. The second-order valence-corrected chi connectivity index (χ2v) is 8.83. The second-order valence-electron chi connectivity index (χ2n) is 8.83. The number of hydrogen-bond donors (Lipinski definition) is 0. The fourth-order valence-corrected chi connectivity index (χ4v) is 4.86. The van der Waals surface area contributed by atoms with Gasteiger partial charge >= 0.3 is 5.69 Å². The normalized spacial score (nSPS) is 14.2. The third kappa shape index (κ3) is 3.34. The summed E-state index contributed by atoms with van der Waals surface area (Å²) in [5.41, 5.74) is 4.69. The van der Waals surface area contributed by atoms with Gasteiger partial charge in [-0.15, -0.1) is 0 Å². The van der Waals surface area contributed by atoms with Crippen LogP contribution in [0.5, 0.6) is 5.75 Å². The van der Waals surface area contributed by atoms with Crippen molar-refractivity contribution < 1.29 is 9.47 Å². The maximum Gasteiger partial charge on any atom is 0.328 e. The highest BCUT2D eigenvalue weighted by Crippen LogP contribution is 2.32. The van der Waals surface area contributed by atoms with E-state index < -0.39 is 0 Å². The number of fused-ring (bicyclic) bond motifs is 2. The largest absolute Gasteiger partial charge is 0.496 e. The van der Waals surface area contributed by atoms with Gasteiger partial charge in [0, 0.05) is 56.7 Å². The van der Waals surface area contributed by atoms with Crippen LogP contribution in [0.2, 0.25) is 0 Å². The van der Waals surface area contributed by atoms with Crippen LogP contribution in [0.1, 0.15) is 5.69 Å². The van der Waals surface area contributed by atoms with E-state index in [1.165, 1.54) is 0 Å². The minimum Gasteiger partial charge on any atom is -0.496 e. The fraction of sp³-hybridized carbons (Fsp3) is 0.320. The van der Waals surface area contributed by atoms with Crippen LogP contribution in [-0.4, -0.2) is 67.3 Å². The summed E-state index contributed by atoms with van der Waals surface area (Å²) in [6.07, 6.45) is 5.23. The van der Waals surface area contributed by atoms with Crippen LogP contribution in [0.3, 0.4) is 0 Å². The van der Waals surface area contributed by atoms with Crippen molar-refractivity contribution in [3.05, 3.63) is 53.0 Å². The van der Waals surface area contributed by atoms with Crippen molar-refractivity contribution in [3.63, 3.8) is 0 Å². The molecule has 1 saturated heterocycles. The number of ether oxygens (including phenoxy) is 2. The number of nitrogens with zero attached hydrogens (tertiary/aromatic N) is 8. The first-order valence-electron chi connectivity index (χ1n) is 11.7. The van der Waals surface area contributed by atoms with Crippen LogP contribution >= 0.6 is 0 Å². The smallest absolute Gasteiger partial charge is 0.328 e. The lowest BCUT2D eigenvalue weighted by molar-refractivity contribution is 0.122. The van der Waals surface area contributed by atoms with Crippen molar-refractivity contribution in [2.75, 3.05) is 38.3 Å². The van der Waals surface area contributed by atoms with E-state index in [0.29, 0.717) is 37.9 Å². The van der Waals surface area contributed by atoms with E-state index in [1.807, 2.05) is 25.1 Å². The molecule has 0 spiro atoms. The molecule has 0 radical (unpaired) electrons. The highest BCUT2D eigenvalue weighted by atomic mass is 16.5. The van der Waals surface area contributed by atoms with Crippen LogP contribution in [0.15, 0.2) is 41.6 Å². The molecule has 184 valence electrons. The van der Waals surface area contributed by atoms with Crippen LogP contribution < -0.4 is 15.3 Å². The van der Waals surface area contributed by atoms with Gasteiger partial charge in [-0.25, -0.2) is 14.5 Å². The van der Waals surface area contributed by atoms with Crippen LogP contribution in [0, 0.1) is 6.92 Å². The van der Waals surface area contributed by atoms with Crippen molar-refractivity contribution in [2.24, 2.45) is 14.1 Å². The monoisotopic (exact) mass is 486 g/mol. The van der Waals surface area contributed by atoms with Gasteiger partial charge in [-0.2, -0.15) is 5.10 Å². The molecule has 5 aromatic heterocycles. The summed E-state index contributed by atoms with van der Waals surface area (Å²) >= 11 is 0. The molecule has 0 bridgehead atoms. The Morgan fingerprint density at radius 1 is 1.03 bits per heavy atom. The quantitative estimate of drug-likeness (QED) is 0.381. The highest BCUT2D eigenvalue weighted by Gasteiger charge is 2.23. The number of aromatic nitrogens is 7. The topological polar surface area (TPSA) is 105 Å². The maximum absolute atomic E-state index is 12.8. The summed E-state index contributed by atoms with van der Waals surface area (Å²) in [5.74, 6) is 2.06. The summed E-state index contributed by atoms with van der Waals surface area (Å²) in [6, 6.07) is 5.69. The van der Waals surface area contributed by atoms with Crippen molar-refractivity contribution in [1.29, 1.82) is 0 Å². The van der Waals surface area contributed by atoms with Gasteiger partial charge in [0.25, 0.3) is 0 Å². The molecule has 1 aliphatic heterocycles. The van der Waals surface area contributed by atoms with Crippen LogP contribution in [0.25, 0.3) is 39.0 Å². The van der Waals surface area contributed by atoms with E-state index >= 15 is 0 Å². The van der Waals surface area contributed by atoms with Gasteiger partial charge in [-0.1, -0.05) is 0 Å².